The number of sulfonamides is 1. The lowest BCUT2D eigenvalue weighted by molar-refractivity contribution is -0.162. The molecule has 1 aromatic carbocycles. The highest BCUT2D eigenvalue weighted by Gasteiger charge is 2.50. The van der Waals surface area contributed by atoms with Crippen molar-refractivity contribution in [1.82, 2.24) is 9.21 Å². The highest BCUT2D eigenvalue weighted by Crippen LogP contribution is 2.44. The van der Waals surface area contributed by atoms with Crippen LogP contribution in [0.4, 0.5) is 0 Å². The molecule has 1 aromatic rings. The molecule has 176 valence electrons. The summed E-state index contributed by atoms with van der Waals surface area (Å²) >= 11 is 6.01. The number of likely N-dealkylation sites (tertiary alicyclic amines) is 1. The maximum Gasteiger partial charge on any atom is 0.304 e. The number of amides is 2. The van der Waals surface area contributed by atoms with Crippen LogP contribution >= 0.6 is 11.6 Å². The Morgan fingerprint density at radius 2 is 1.84 bits per heavy atom. The van der Waals surface area contributed by atoms with Crippen LogP contribution in [0.5, 0.6) is 0 Å². The van der Waals surface area contributed by atoms with Crippen molar-refractivity contribution < 1.29 is 27.9 Å². The van der Waals surface area contributed by atoms with Crippen LogP contribution < -0.4 is 0 Å². The van der Waals surface area contributed by atoms with E-state index in [9.17, 15) is 27.9 Å². The molecule has 1 aliphatic carbocycles. The van der Waals surface area contributed by atoms with Crippen molar-refractivity contribution in [3.05, 3.63) is 34.9 Å². The van der Waals surface area contributed by atoms with Gasteiger partial charge in [-0.3, -0.25) is 14.4 Å². The third kappa shape index (κ3) is 4.64. The molecule has 32 heavy (non-hydrogen) atoms. The van der Waals surface area contributed by atoms with Crippen molar-refractivity contribution in [3.8, 4) is 0 Å². The second-order valence-electron chi connectivity index (χ2n) is 8.92. The van der Waals surface area contributed by atoms with Crippen LogP contribution in [0.15, 0.2) is 24.3 Å². The van der Waals surface area contributed by atoms with Gasteiger partial charge < -0.3 is 10.0 Å². The van der Waals surface area contributed by atoms with E-state index in [2.05, 4.69) is 0 Å². The molecule has 1 heterocycles. The van der Waals surface area contributed by atoms with Gasteiger partial charge in [0, 0.05) is 12.1 Å². The zero-order valence-electron chi connectivity index (χ0n) is 18.5. The fourth-order valence-corrected chi connectivity index (χ4v) is 6.12. The normalized spacial score (nSPS) is 24.8. The number of carboxylic acids is 1. The maximum atomic E-state index is 13.7. The van der Waals surface area contributed by atoms with E-state index in [1.54, 1.807) is 38.1 Å². The number of halogens is 1. The SMILES string of the molecule is CCC(C(=O)N(C)S(=O)(=O)C1CC1)N1C(=O)[C@](C)(CC(=O)O)CCC1c1ccc(Cl)cc1. The van der Waals surface area contributed by atoms with E-state index < -0.39 is 50.6 Å². The van der Waals surface area contributed by atoms with Crippen LogP contribution in [0.3, 0.4) is 0 Å². The molecule has 0 radical (unpaired) electrons. The van der Waals surface area contributed by atoms with E-state index >= 15 is 0 Å². The van der Waals surface area contributed by atoms with Crippen LogP contribution in [0.25, 0.3) is 0 Å². The molecule has 2 fully saturated rings. The lowest BCUT2D eigenvalue weighted by Crippen LogP contribution is -2.58. The summed E-state index contributed by atoms with van der Waals surface area (Å²) in [7, 11) is -2.54. The summed E-state index contributed by atoms with van der Waals surface area (Å²) in [4.78, 5) is 39.9. The average Bonchev–Trinajstić information content (AvgIpc) is 3.57. The van der Waals surface area contributed by atoms with Gasteiger partial charge in [0.05, 0.1) is 23.1 Å². The van der Waals surface area contributed by atoms with Crippen LogP contribution in [0.2, 0.25) is 5.02 Å². The van der Waals surface area contributed by atoms with Crippen molar-refractivity contribution in [3.63, 3.8) is 0 Å². The fraction of sp³-hybridized carbons (Fsp3) is 0.591. The number of hydrogen-bond donors (Lipinski definition) is 1. The minimum Gasteiger partial charge on any atom is -0.481 e. The number of carbonyl (C=O) groups excluding carboxylic acids is 2. The number of likely N-dealkylation sites (N-methyl/N-ethyl adjacent to an activating group) is 1. The lowest BCUT2D eigenvalue weighted by atomic mass is 9.74. The van der Waals surface area contributed by atoms with Crippen LogP contribution in [-0.4, -0.2) is 58.9 Å². The first-order chi connectivity index (χ1) is 14.9. The highest BCUT2D eigenvalue weighted by atomic mass is 35.5. The number of aliphatic carboxylic acids is 1. The zero-order valence-corrected chi connectivity index (χ0v) is 20.0. The average molecular weight is 485 g/mol. The molecule has 0 spiro atoms. The Balaban J connectivity index is 2.02. The molecule has 1 saturated heterocycles. The van der Waals surface area contributed by atoms with Gasteiger partial charge in [0.25, 0.3) is 5.91 Å². The summed E-state index contributed by atoms with van der Waals surface area (Å²) in [5.74, 6) is -2.23. The summed E-state index contributed by atoms with van der Waals surface area (Å²) in [5, 5.41) is 9.34. The van der Waals surface area contributed by atoms with Gasteiger partial charge in [-0.2, -0.15) is 0 Å². The van der Waals surface area contributed by atoms with E-state index in [0.717, 1.165) is 9.87 Å². The molecule has 2 amide bonds. The van der Waals surface area contributed by atoms with Gasteiger partial charge in [0.1, 0.15) is 6.04 Å². The van der Waals surface area contributed by atoms with Crippen molar-refractivity contribution in [2.24, 2.45) is 5.41 Å². The van der Waals surface area contributed by atoms with E-state index in [-0.39, 0.29) is 12.8 Å². The Morgan fingerprint density at radius 3 is 2.34 bits per heavy atom. The molecule has 10 heteroatoms. The third-order valence-electron chi connectivity index (χ3n) is 6.50. The lowest BCUT2D eigenvalue weighted by Gasteiger charge is -2.47. The zero-order chi connectivity index (χ0) is 23.8. The van der Waals surface area contributed by atoms with E-state index in [1.807, 2.05) is 0 Å². The monoisotopic (exact) mass is 484 g/mol. The molecule has 8 nitrogen and oxygen atoms in total. The number of rotatable bonds is 8. The first-order valence-electron chi connectivity index (χ1n) is 10.7. The second kappa shape index (κ2) is 9.02. The molecular weight excluding hydrogens is 456 g/mol. The molecule has 2 aliphatic rings. The largest absolute Gasteiger partial charge is 0.481 e. The van der Waals surface area contributed by atoms with Crippen molar-refractivity contribution in [2.75, 3.05) is 7.05 Å². The smallest absolute Gasteiger partial charge is 0.304 e. The summed E-state index contributed by atoms with van der Waals surface area (Å²) in [6, 6.07) is 5.40. The quantitative estimate of drug-likeness (QED) is 0.606. The van der Waals surface area contributed by atoms with E-state index in [1.165, 1.54) is 11.9 Å². The Morgan fingerprint density at radius 1 is 1.25 bits per heavy atom. The minimum atomic E-state index is -3.78. The number of carboxylic acid groups (broad SMARTS) is 1. The summed E-state index contributed by atoms with van der Waals surface area (Å²) in [5.41, 5.74) is -0.421. The summed E-state index contributed by atoms with van der Waals surface area (Å²) in [6.45, 7) is 3.31. The molecule has 3 rings (SSSR count). The highest BCUT2D eigenvalue weighted by molar-refractivity contribution is 7.90. The number of nitrogens with zero attached hydrogens (tertiary/aromatic N) is 2. The van der Waals surface area contributed by atoms with Crippen LogP contribution in [0, 0.1) is 5.41 Å². The molecule has 1 N–H and O–H groups in total. The molecule has 0 bridgehead atoms. The number of benzene rings is 1. The van der Waals surface area contributed by atoms with Crippen LogP contribution in [0.1, 0.15) is 64.0 Å². The summed E-state index contributed by atoms with van der Waals surface area (Å²) in [6.07, 6.45) is 1.65. The second-order valence-corrected chi connectivity index (χ2v) is 11.6. The van der Waals surface area contributed by atoms with E-state index in [4.69, 9.17) is 11.6 Å². The Bertz CT molecular complexity index is 1010. The van der Waals surface area contributed by atoms with Crippen LogP contribution in [-0.2, 0) is 24.4 Å². The first kappa shape index (κ1) is 24.5. The number of hydrogen-bond acceptors (Lipinski definition) is 5. The van der Waals surface area contributed by atoms with E-state index in [0.29, 0.717) is 30.7 Å². The summed E-state index contributed by atoms with van der Waals surface area (Å²) < 4.78 is 26.2. The van der Waals surface area contributed by atoms with Crippen molar-refractivity contribution >= 4 is 39.4 Å². The van der Waals surface area contributed by atoms with Gasteiger partial charge in [0.2, 0.25) is 15.9 Å². The Labute approximate surface area is 193 Å². The minimum absolute atomic E-state index is 0.197. The number of carbonyl (C=O) groups is 3. The van der Waals surface area contributed by atoms with Gasteiger partial charge >= 0.3 is 5.97 Å². The molecule has 1 aliphatic heterocycles. The molecule has 0 aromatic heterocycles. The predicted octanol–water partition coefficient (Wildman–Crippen LogP) is 3.21. The fourth-order valence-electron chi connectivity index (χ4n) is 4.44. The van der Waals surface area contributed by atoms with Gasteiger partial charge in [-0.05, 0) is 49.8 Å². The Hall–Kier alpha value is -2.13. The maximum absolute atomic E-state index is 13.7. The van der Waals surface area contributed by atoms with Gasteiger partial charge in [0.15, 0.2) is 0 Å². The van der Waals surface area contributed by atoms with Crippen molar-refractivity contribution in [1.29, 1.82) is 0 Å². The van der Waals surface area contributed by atoms with Gasteiger partial charge in [-0.1, -0.05) is 37.6 Å². The standard InChI is InChI=1S/C22H29ClN2O6S/c1-4-17(20(28)24(3)32(30,31)16-9-10-16)25-18(14-5-7-15(23)8-6-14)11-12-22(2,21(25)29)13-19(26)27/h5-8,16-18H,4,9-13H2,1-3H3,(H,26,27)/t17?,18?,22-/m0/s1. The first-order valence-corrected chi connectivity index (χ1v) is 12.6. The molecular formula is C22H29ClN2O6S. The Kier molecular flexibility index (Phi) is 6.91. The molecule has 3 atom stereocenters. The van der Waals surface area contributed by atoms with Crippen molar-refractivity contribution in [2.45, 2.75) is 69.7 Å². The molecule has 2 unspecified atom stereocenters. The topological polar surface area (TPSA) is 112 Å². The molecule has 1 saturated carbocycles. The third-order valence-corrected chi connectivity index (χ3v) is 9.01. The van der Waals surface area contributed by atoms with Gasteiger partial charge in [-0.25, -0.2) is 12.7 Å². The van der Waals surface area contributed by atoms with Gasteiger partial charge in [-0.15, -0.1) is 0 Å². The number of piperidine rings is 1. The predicted molar refractivity (Wildman–Crippen MR) is 119 cm³/mol.